The Morgan fingerprint density at radius 1 is 1.29 bits per heavy atom. The minimum absolute atomic E-state index is 0.0606. The highest BCUT2D eigenvalue weighted by Gasteiger charge is 2.35. The Bertz CT molecular complexity index is 442. The number of nitrogens with two attached hydrogens (primary N) is 1. The molecule has 0 aliphatic heterocycles. The van der Waals surface area contributed by atoms with Gasteiger partial charge >= 0.3 is 6.18 Å². The van der Waals surface area contributed by atoms with Gasteiger partial charge in [-0.25, -0.2) is 15.8 Å². The smallest absolute Gasteiger partial charge is 0.383 e. The lowest BCUT2D eigenvalue weighted by molar-refractivity contribution is -0.144. The third-order valence-corrected chi connectivity index (χ3v) is 2.60. The average Bonchev–Trinajstić information content (AvgIpc) is 2.43. The molecule has 1 rings (SSSR count). The van der Waals surface area contributed by atoms with Crippen LogP contribution >= 0.6 is 0 Å². The van der Waals surface area contributed by atoms with E-state index < -0.39 is 12.0 Å². The number of rotatable bonds is 8. The second-order valence-electron chi connectivity index (χ2n) is 4.33. The summed E-state index contributed by atoms with van der Waals surface area (Å²) < 4.78 is 42.8. The van der Waals surface area contributed by atoms with Gasteiger partial charge in [0.2, 0.25) is 5.82 Å². The first-order valence-corrected chi connectivity index (χ1v) is 6.21. The van der Waals surface area contributed by atoms with E-state index in [9.17, 15) is 13.2 Å². The lowest BCUT2D eigenvalue weighted by Gasteiger charge is -2.17. The van der Waals surface area contributed by atoms with Crippen molar-refractivity contribution in [1.82, 2.24) is 14.9 Å². The van der Waals surface area contributed by atoms with E-state index in [0.717, 1.165) is 6.54 Å². The van der Waals surface area contributed by atoms with Crippen molar-refractivity contribution in [2.45, 2.75) is 6.18 Å². The van der Waals surface area contributed by atoms with Crippen LogP contribution in [0.3, 0.4) is 0 Å². The van der Waals surface area contributed by atoms with E-state index in [2.05, 4.69) is 20.7 Å². The van der Waals surface area contributed by atoms with Crippen LogP contribution < -0.4 is 16.6 Å². The third kappa shape index (κ3) is 6.10. The molecule has 120 valence electrons. The minimum atomic E-state index is -4.63. The maximum atomic E-state index is 12.6. The second kappa shape index (κ2) is 7.96. The van der Waals surface area contributed by atoms with E-state index in [1.165, 1.54) is 6.07 Å². The van der Waals surface area contributed by atoms with E-state index in [1.807, 2.05) is 11.9 Å². The van der Waals surface area contributed by atoms with Crippen molar-refractivity contribution in [1.29, 1.82) is 0 Å². The lowest BCUT2D eigenvalue weighted by atomic mass is 10.4. The van der Waals surface area contributed by atoms with Gasteiger partial charge in [-0.3, -0.25) is 0 Å². The number of alkyl halides is 3. The van der Waals surface area contributed by atoms with Gasteiger partial charge in [-0.1, -0.05) is 0 Å². The fourth-order valence-corrected chi connectivity index (χ4v) is 1.47. The molecule has 1 aromatic heterocycles. The first kappa shape index (κ1) is 17.4. The molecule has 0 spiro atoms. The Balaban J connectivity index is 2.62. The number of hydrogen-bond acceptors (Lipinski definition) is 7. The topological polar surface area (TPSA) is 88.3 Å². The van der Waals surface area contributed by atoms with E-state index in [-0.39, 0.29) is 11.6 Å². The first-order chi connectivity index (χ1) is 9.86. The monoisotopic (exact) mass is 308 g/mol. The van der Waals surface area contributed by atoms with Gasteiger partial charge in [0.05, 0.1) is 6.61 Å². The number of ether oxygens (including phenoxy) is 1. The fourth-order valence-electron chi connectivity index (χ4n) is 1.47. The molecule has 0 atom stereocenters. The predicted molar refractivity (Wildman–Crippen MR) is 72.7 cm³/mol. The average molecular weight is 308 g/mol. The molecule has 21 heavy (non-hydrogen) atoms. The zero-order valence-corrected chi connectivity index (χ0v) is 11.9. The Hall–Kier alpha value is -1.65. The summed E-state index contributed by atoms with van der Waals surface area (Å²) in [6.45, 7) is 2.37. The molecular formula is C11H19F3N6O. The molecule has 0 bridgehead atoms. The molecule has 0 aliphatic carbocycles. The Morgan fingerprint density at radius 3 is 2.52 bits per heavy atom. The highest BCUT2D eigenvalue weighted by atomic mass is 19.4. The molecule has 0 radical (unpaired) electrons. The molecular weight excluding hydrogens is 289 g/mol. The van der Waals surface area contributed by atoms with Gasteiger partial charge < -0.3 is 20.4 Å². The highest BCUT2D eigenvalue weighted by molar-refractivity contribution is 5.47. The summed E-state index contributed by atoms with van der Waals surface area (Å²) in [5.41, 5.74) is 2.09. The Labute approximate surface area is 120 Å². The van der Waals surface area contributed by atoms with Gasteiger partial charge in [0.1, 0.15) is 11.6 Å². The van der Waals surface area contributed by atoms with Crippen LogP contribution in [-0.2, 0) is 10.9 Å². The van der Waals surface area contributed by atoms with Gasteiger partial charge in [-0.15, -0.1) is 0 Å². The number of nitrogens with one attached hydrogen (secondary N) is 2. The van der Waals surface area contributed by atoms with Gasteiger partial charge in [-0.05, 0) is 7.05 Å². The summed E-state index contributed by atoms with van der Waals surface area (Å²) in [6, 6.07) is 1.31. The van der Waals surface area contributed by atoms with Crippen molar-refractivity contribution >= 4 is 11.6 Å². The van der Waals surface area contributed by atoms with Crippen LogP contribution in [0, 0.1) is 0 Å². The zero-order chi connectivity index (χ0) is 15.9. The van der Waals surface area contributed by atoms with Crippen LogP contribution in [-0.4, -0.2) is 55.3 Å². The maximum Gasteiger partial charge on any atom is 0.451 e. The van der Waals surface area contributed by atoms with Crippen LogP contribution in [0.5, 0.6) is 0 Å². The summed E-state index contributed by atoms with van der Waals surface area (Å²) in [5, 5.41) is 2.81. The molecule has 0 unspecified atom stereocenters. The second-order valence-corrected chi connectivity index (χ2v) is 4.33. The molecule has 10 heteroatoms. The van der Waals surface area contributed by atoms with Crippen LogP contribution in [0.15, 0.2) is 6.07 Å². The van der Waals surface area contributed by atoms with E-state index >= 15 is 0 Å². The molecule has 1 aromatic rings. The summed E-state index contributed by atoms with van der Waals surface area (Å²) >= 11 is 0. The van der Waals surface area contributed by atoms with E-state index in [0.29, 0.717) is 19.7 Å². The molecule has 0 amide bonds. The Kier molecular flexibility index (Phi) is 6.59. The predicted octanol–water partition coefficient (Wildman–Crippen LogP) is 0.771. The summed E-state index contributed by atoms with van der Waals surface area (Å²) in [4.78, 5) is 8.67. The van der Waals surface area contributed by atoms with Crippen molar-refractivity contribution in [3.8, 4) is 0 Å². The number of methoxy groups -OCH3 is 1. The molecule has 7 nitrogen and oxygen atoms in total. The Morgan fingerprint density at radius 2 is 1.95 bits per heavy atom. The molecule has 0 saturated heterocycles. The molecule has 0 saturated carbocycles. The van der Waals surface area contributed by atoms with E-state index in [1.54, 1.807) is 7.11 Å². The number of nitrogen functional groups attached to an aromatic ring is 1. The normalized spacial score (nSPS) is 11.8. The molecule has 0 aliphatic rings. The first-order valence-electron chi connectivity index (χ1n) is 6.21. The summed E-state index contributed by atoms with van der Waals surface area (Å²) in [6.07, 6.45) is -4.63. The van der Waals surface area contributed by atoms with Crippen molar-refractivity contribution in [2.75, 3.05) is 51.1 Å². The maximum absolute atomic E-state index is 12.6. The highest BCUT2D eigenvalue weighted by Crippen LogP contribution is 2.28. The number of nitrogens with zero attached hydrogens (tertiary/aromatic N) is 3. The zero-order valence-electron chi connectivity index (χ0n) is 11.9. The van der Waals surface area contributed by atoms with Crippen LogP contribution in [0.1, 0.15) is 5.82 Å². The molecule has 1 heterocycles. The van der Waals surface area contributed by atoms with E-state index in [4.69, 9.17) is 10.6 Å². The largest absolute Gasteiger partial charge is 0.451 e. The summed E-state index contributed by atoms with van der Waals surface area (Å²) in [7, 11) is 3.49. The van der Waals surface area contributed by atoms with Crippen LogP contribution in [0.4, 0.5) is 24.8 Å². The molecule has 0 aromatic carbocycles. The quantitative estimate of drug-likeness (QED) is 0.483. The summed E-state index contributed by atoms with van der Waals surface area (Å²) in [5.74, 6) is 3.82. The van der Waals surface area contributed by atoms with Crippen LogP contribution in [0.25, 0.3) is 0 Å². The lowest BCUT2D eigenvalue weighted by Crippen LogP contribution is -2.28. The third-order valence-electron chi connectivity index (χ3n) is 2.60. The standard InChI is InChI=1S/C11H19F3N6O/c1-20(5-6-21-2)4-3-16-8-7-9(19-15)18-10(17-8)11(12,13)14/h7H,3-6,15H2,1-2H3,(H2,16,17,18,19). The van der Waals surface area contributed by atoms with Gasteiger partial charge in [0, 0.05) is 32.8 Å². The van der Waals surface area contributed by atoms with Crippen molar-refractivity contribution in [3.63, 3.8) is 0 Å². The number of aromatic nitrogens is 2. The van der Waals surface area contributed by atoms with Gasteiger partial charge in [0.15, 0.2) is 0 Å². The van der Waals surface area contributed by atoms with Gasteiger partial charge in [-0.2, -0.15) is 13.2 Å². The van der Waals surface area contributed by atoms with Crippen molar-refractivity contribution in [3.05, 3.63) is 11.9 Å². The molecule has 4 N–H and O–H groups in total. The van der Waals surface area contributed by atoms with Crippen molar-refractivity contribution in [2.24, 2.45) is 5.84 Å². The van der Waals surface area contributed by atoms with Gasteiger partial charge in [0.25, 0.3) is 0 Å². The SMILES string of the molecule is COCCN(C)CCNc1cc(NN)nc(C(F)(F)F)n1. The van der Waals surface area contributed by atoms with Crippen LogP contribution in [0.2, 0.25) is 0 Å². The number of hydrogen-bond donors (Lipinski definition) is 3. The number of halogens is 3. The number of anilines is 2. The van der Waals surface area contributed by atoms with Crippen molar-refractivity contribution < 1.29 is 17.9 Å². The molecule has 0 fully saturated rings. The minimum Gasteiger partial charge on any atom is -0.383 e. The number of likely N-dealkylation sites (N-methyl/N-ethyl adjacent to an activating group) is 1. The fraction of sp³-hybridized carbons (Fsp3) is 0.636. The number of hydrazine groups is 1.